The minimum atomic E-state index is -1.54. The summed E-state index contributed by atoms with van der Waals surface area (Å²) in [5, 5.41) is 91.1. The Morgan fingerprint density at radius 1 is 0.839 bits per heavy atom. The van der Waals surface area contributed by atoms with Crippen LogP contribution in [-0.2, 0) is 23.7 Å². The number of fused-ring (bicyclic) bond motifs is 5. The lowest BCUT2D eigenvalue weighted by atomic mass is 9.38. The highest BCUT2D eigenvalue weighted by atomic mass is 16.7. The topological polar surface area (TPSA) is 236 Å². The average molecular weight is 797 g/mol. The Labute approximate surface area is 330 Å². The van der Waals surface area contributed by atoms with Crippen LogP contribution in [0.3, 0.4) is 0 Å². The standard InChI is InChI=1S/C42H68O14/c1-21(8-7-9-22(17-43)20-53-37-35(51)33(49)31(47)26(18-44)54-37)23-14-15-40(4)28-12-10-24-25(42(28,6)29(46)16-41(23,40)5)11-13-30(39(24,2)3)56-38-36(52)34(50)32(48)27(19-45)55-38/h9-10,21,23,25-28,30-38,43-45,47-52H,7-8,11-20H2,1-6H3. The summed E-state index contributed by atoms with van der Waals surface area (Å²) in [6.07, 6.45) is -3.58. The zero-order valence-electron chi connectivity index (χ0n) is 33.9. The van der Waals surface area contributed by atoms with Gasteiger partial charge >= 0.3 is 0 Å². The Kier molecular flexibility index (Phi) is 13.1. The van der Waals surface area contributed by atoms with E-state index in [1.165, 1.54) is 5.57 Å². The highest BCUT2D eigenvalue weighted by Gasteiger charge is 2.70. The molecule has 0 aromatic heterocycles. The number of ether oxygens (including phenoxy) is 4. The molecule has 4 aliphatic carbocycles. The number of aliphatic hydroxyl groups is 9. The highest BCUT2D eigenvalue weighted by molar-refractivity contribution is 5.88. The van der Waals surface area contributed by atoms with Crippen molar-refractivity contribution in [2.24, 2.45) is 45.3 Å². The molecule has 18 atom stereocenters. The molecular formula is C42H68O14. The summed E-state index contributed by atoms with van der Waals surface area (Å²) in [6.45, 7) is 12.0. The Bertz CT molecular complexity index is 1460. The minimum absolute atomic E-state index is 0.0310. The lowest BCUT2D eigenvalue weighted by Gasteiger charge is -2.65. The van der Waals surface area contributed by atoms with Crippen LogP contribution >= 0.6 is 0 Å². The number of allylic oxidation sites excluding steroid dienone is 2. The smallest absolute Gasteiger partial charge is 0.187 e. The van der Waals surface area contributed by atoms with Crippen molar-refractivity contribution in [3.8, 4) is 0 Å². The van der Waals surface area contributed by atoms with Crippen molar-refractivity contribution in [3.05, 3.63) is 23.3 Å². The van der Waals surface area contributed by atoms with Crippen LogP contribution in [0.5, 0.6) is 0 Å². The van der Waals surface area contributed by atoms with Gasteiger partial charge in [0, 0.05) is 17.3 Å². The fourth-order valence-electron chi connectivity index (χ4n) is 12.3. The molecule has 9 N–H and O–H groups in total. The first-order valence-corrected chi connectivity index (χ1v) is 20.7. The molecular weight excluding hydrogens is 728 g/mol. The molecule has 0 amide bonds. The van der Waals surface area contributed by atoms with Gasteiger partial charge < -0.3 is 64.9 Å². The second kappa shape index (κ2) is 16.6. The van der Waals surface area contributed by atoms with Crippen LogP contribution in [0.1, 0.15) is 92.9 Å². The maximum Gasteiger partial charge on any atom is 0.187 e. The van der Waals surface area contributed by atoms with E-state index in [4.69, 9.17) is 18.9 Å². The maximum atomic E-state index is 14.8. The molecule has 0 bridgehead atoms. The van der Waals surface area contributed by atoms with Crippen LogP contribution in [0.4, 0.5) is 0 Å². The second-order valence-electron chi connectivity index (χ2n) is 19.1. The summed E-state index contributed by atoms with van der Waals surface area (Å²) in [5.74, 6) is 1.12. The number of carbonyl (C=O) groups is 1. The van der Waals surface area contributed by atoms with Crippen molar-refractivity contribution in [1.82, 2.24) is 0 Å². The molecule has 0 aromatic rings. The van der Waals surface area contributed by atoms with Crippen molar-refractivity contribution in [2.75, 3.05) is 26.4 Å². The maximum absolute atomic E-state index is 14.8. The van der Waals surface area contributed by atoms with Gasteiger partial charge in [0.25, 0.3) is 0 Å². The predicted octanol–water partition coefficient (Wildman–Crippen LogP) is 1.11. The number of hydrogen-bond acceptors (Lipinski definition) is 14. The summed E-state index contributed by atoms with van der Waals surface area (Å²) >= 11 is 0. The Morgan fingerprint density at radius 2 is 1.45 bits per heavy atom. The van der Waals surface area contributed by atoms with Gasteiger partial charge in [-0.2, -0.15) is 0 Å². The molecule has 3 saturated carbocycles. The molecule has 0 aromatic carbocycles. The number of hydrogen-bond donors (Lipinski definition) is 9. The Hall–Kier alpha value is -1.37. The molecule has 2 saturated heterocycles. The van der Waals surface area contributed by atoms with Crippen molar-refractivity contribution < 1.29 is 69.7 Å². The molecule has 6 aliphatic rings. The molecule has 14 heteroatoms. The van der Waals surface area contributed by atoms with E-state index >= 15 is 0 Å². The van der Waals surface area contributed by atoms with Crippen molar-refractivity contribution in [2.45, 2.75) is 160 Å². The van der Waals surface area contributed by atoms with Crippen molar-refractivity contribution in [3.63, 3.8) is 0 Å². The van der Waals surface area contributed by atoms with E-state index in [0.29, 0.717) is 42.5 Å². The summed E-state index contributed by atoms with van der Waals surface area (Å²) in [4.78, 5) is 14.8. The fraction of sp³-hybridized carbons (Fsp3) is 0.881. The second-order valence-corrected chi connectivity index (χ2v) is 19.1. The Balaban J connectivity index is 1.12. The quantitative estimate of drug-likeness (QED) is 0.126. The third-order valence-corrected chi connectivity index (χ3v) is 16.0. The molecule has 0 spiro atoms. The van der Waals surface area contributed by atoms with Gasteiger partial charge in [-0.05, 0) is 85.0 Å². The monoisotopic (exact) mass is 796 g/mol. The van der Waals surface area contributed by atoms with Gasteiger partial charge in [-0.15, -0.1) is 0 Å². The van der Waals surface area contributed by atoms with Gasteiger partial charge in [0.2, 0.25) is 0 Å². The van der Waals surface area contributed by atoms with Crippen LogP contribution < -0.4 is 0 Å². The van der Waals surface area contributed by atoms with E-state index < -0.39 is 85.5 Å². The van der Waals surface area contributed by atoms with Gasteiger partial charge in [-0.3, -0.25) is 4.79 Å². The summed E-state index contributed by atoms with van der Waals surface area (Å²) < 4.78 is 23.2. The summed E-state index contributed by atoms with van der Waals surface area (Å²) in [7, 11) is 0. The van der Waals surface area contributed by atoms with E-state index in [9.17, 15) is 50.8 Å². The zero-order chi connectivity index (χ0) is 41.1. The zero-order valence-corrected chi connectivity index (χ0v) is 33.9. The van der Waals surface area contributed by atoms with Gasteiger partial charge in [0.05, 0.1) is 32.5 Å². The molecule has 2 aliphatic heterocycles. The predicted molar refractivity (Wildman–Crippen MR) is 201 cm³/mol. The van der Waals surface area contributed by atoms with E-state index in [1.54, 1.807) is 0 Å². The normalized spacial score (nSPS) is 48.4. The van der Waals surface area contributed by atoms with Gasteiger partial charge in [0.1, 0.15) is 54.6 Å². The highest BCUT2D eigenvalue weighted by Crippen LogP contribution is 2.74. The van der Waals surface area contributed by atoms with Crippen LogP contribution in [0.2, 0.25) is 0 Å². The first-order valence-electron chi connectivity index (χ1n) is 20.7. The summed E-state index contributed by atoms with van der Waals surface area (Å²) in [6, 6.07) is 0. The van der Waals surface area contributed by atoms with Crippen LogP contribution in [0.25, 0.3) is 0 Å². The number of carbonyl (C=O) groups excluding carboxylic acids is 1. The van der Waals surface area contributed by atoms with Crippen LogP contribution in [-0.4, -0.2) is 146 Å². The Morgan fingerprint density at radius 3 is 2.05 bits per heavy atom. The van der Waals surface area contributed by atoms with Crippen molar-refractivity contribution >= 4 is 5.78 Å². The van der Waals surface area contributed by atoms with Crippen LogP contribution in [0, 0.1) is 45.3 Å². The van der Waals surface area contributed by atoms with E-state index in [0.717, 1.165) is 32.1 Å². The lowest BCUT2D eigenvalue weighted by Crippen LogP contribution is -2.64. The third-order valence-electron chi connectivity index (χ3n) is 16.0. The molecule has 2 heterocycles. The number of ketones is 1. The van der Waals surface area contributed by atoms with Crippen LogP contribution in [0.15, 0.2) is 23.3 Å². The van der Waals surface area contributed by atoms with E-state index in [-0.39, 0.29) is 42.0 Å². The first-order chi connectivity index (χ1) is 26.3. The molecule has 6 rings (SSSR count). The van der Waals surface area contributed by atoms with Crippen molar-refractivity contribution in [1.29, 1.82) is 0 Å². The van der Waals surface area contributed by atoms with Gasteiger partial charge in [0.15, 0.2) is 12.6 Å². The molecule has 14 nitrogen and oxygen atoms in total. The SMILES string of the molecule is CC(CCC=C(CO)COC1OC(CO)C(O)C(O)C1O)C1CCC2(C)C3CC=C4C(CCC(OC5OC(CO)C(O)C(O)C5O)C4(C)C)C3(C)C(=O)CC12C. The molecule has 18 unspecified atom stereocenters. The number of aliphatic hydroxyl groups excluding tert-OH is 9. The minimum Gasteiger partial charge on any atom is -0.394 e. The molecule has 0 radical (unpaired) electrons. The first kappa shape index (κ1) is 44.2. The van der Waals surface area contributed by atoms with Gasteiger partial charge in [-0.1, -0.05) is 59.3 Å². The molecule has 56 heavy (non-hydrogen) atoms. The van der Waals surface area contributed by atoms with Gasteiger partial charge in [-0.25, -0.2) is 0 Å². The van der Waals surface area contributed by atoms with E-state index in [1.807, 2.05) is 6.08 Å². The summed E-state index contributed by atoms with van der Waals surface area (Å²) in [5.41, 5.74) is 0.430. The lowest BCUT2D eigenvalue weighted by molar-refractivity contribution is -0.319. The average Bonchev–Trinajstić information content (AvgIpc) is 3.43. The number of rotatable bonds is 12. The molecule has 320 valence electrons. The van der Waals surface area contributed by atoms with E-state index in [2.05, 4.69) is 47.6 Å². The largest absolute Gasteiger partial charge is 0.394 e. The molecule has 5 fully saturated rings. The third kappa shape index (κ3) is 7.20. The number of Topliss-reactive ketones (excluding diaryl/α,β-unsaturated/α-hetero) is 1. The fourth-order valence-corrected chi connectivity index (χ4v) is 12.3.